The van der Waals surface area contributed by atoms with E-state index in [-0.39, 0.29) is 18.4 Å². The molecular weight excluding hydrogens is 305 g/mol. The molecular formula is C19H24FN3O. The monoisotopic (exact) mass is 329 g/mol. The van der Waals surface area contributed by atoms with Crippen molar-refractivity contribution >= 4 is 17.4 Å². The van der Waals surface area contributed by atoms with E-state index in [1.54, 1.807) is 12.1 Å². The van der Waals surface area contributed by atoms with Crippen LogP contribution in [0.1, 0.15) is 25.0 Å². The summed E-state index contributed by atoms with van der Waals surface area (Å²) in [5, 5.41) is 5.57. The lowest BCUT2D eigenvalue weighted by atomic mass is 10.1. The summed E-state index contributed by atoms with van der Waals surface area (Å²) in [6.45, 7) is 8.36. The van der Waals surface area contributed by atoms with E-state index in [0.717, 1.165) is 35.6 Å². The molecule has 4 nitrogen and oxygen atoms in total. The zero-order valence-electron chi connectivity index (χ0n) is 14.4. The molecule has 2 aromatic rings. The molecule has 0 atom stereocenters. The second-order valence-corrected chi connectivity index (χ2v) is 5.61. The number of hydrogen-bond donors (Lipinski definition) is 2. The molecule has 2 N–H and O–H groups in total. The van der Waals surface area contributed by atoms with Gasteiger partial charge in [0, 0.05) is 31.0 Å². The van der Waals surface area contributed by atoms with Gasteiger partial charge >= 0.3 is 6.03 Å². The molecule has 0 spiro atoms. The van der Waals surface area contributed by atoms with E-state index in [4.69, 9.17) is 0 Å². The van der Waals surface area contributed by atoms with Gasteiger partial charge in [0.1, 0.15) is 5.82 Å². The zero-order valence-corrected chi connectivity index (χ0v) is 14.4. The summed E-state index contributed by atoms with van der Waals surface area (Å²) in [5.74, 6) is -0.308. The van der Waals surface area contributed by atoms with Crippen LogP contribution in [0.3, 0.4) is 0 Å². The Morgan fingerprint density at radius 1 is 1.12 bits per heavy atom. The smallest absolute Gasteiger partial charge is 0.319 e. The number of hydrogen-bond acceptors (Lipinski definition) is 2. The largest absolute Gasteiger partial charge is 0.372 e. The van der Waals surface area contributed by atoms with E-state index in [2.05, 4.69) is 35.4 Å². The maximum atomic E-state index is 13.1. The van der Waals surface area contributed by atoms with E-state index < -0.39 is 0 Å². The first kappa shape index (κ1) is 17.8. The number of amides is 2. The first-order valence-corrected chi connectivity index (χ1v) is 8.18. The summed E-state index contributed by atoms with van der Waals surface area (Å²) in [6, 6.07) is 11.9. The van der Waals surface area contributed by atoms with Crippen LogP contribution in [0.15, 0.2) is 42.5 Å². The molecule has 2 rings (SSSR count). The average molecular weight is 329 g/mol. The van der Waals surface area contributed by atoms with Gasteiger partial charge in [0.15, 0.2) is 0 Å². The van der Waals surface area contributed by atoms with Crippen molar-refractivity contribution in [2.45, 2.75) is 27.3 Å². The number of rotatable bonds is 6. The first-order chi connectivity index (χ1) is 11.5. The highest BCUT2D eigenvalue weighted by Gasteiger charge is 2.08. The van der Waals surface area contributed by atoms with Gasteiger partial charge in [-0.3, -0.25) is 0 Å². The minimum absolute atomic E-state index is 0.278. The van der Waals surface area contributed by atoms with Crippen molar-refractivity contribution in [2.24, 2.45) is 0 Å². The standard InChI is InChI=1S/C19H24FN3O/c1-4-23(5-2)17-9-10-18(14(3)11-17)22-19(24)21-13-15-7-6-8-16(20)12-15/h6-12H,4-5,13H2,1-3H3,(H2,21,22,24). The minimum atomic E-state index is -0.308. The Bertz CT molecular complexity index is 699. The SMILES string of the molecule is CCN(CC)c1ccc(NC(=O)NCc2cccc(F)c2)c(C)c1. The van der Waals surface area contributed by atoms with Crippen molar-refractivity contribution in [1.29, 1.82) is 0 Å². The number of nitrogens with zero attached hydrogens (tertiary/aromatic N) is 1. The van der Waals surface area contributed by atoms with Gasteiger partial charge in [-0.25, -0.2) is 9.18 Å². The Hall–Kier alpha value is -2.56. The highest BCUT2D eigenvalue weighted by molar-refractivity contribution is 5.90. The Morgan fingerprint density at radius 3 is 2.50 bits per heavy atom. The Morgan fingerprint density at radius 2 is 1.88 bits per heavy atom. The van der Waals surface area contributed by atoms with Crippen LogP contribution in [0.5, 0.6) is 0 Å². The van der Waals surface area contributed by atoms with Crippen LogP contribution in [0, 0.1) is 12.7 Å². The number of anilines is 2. The highest BCUT2D eigenvalue weighted by Crippen LogP contribution is 2.22. The van der Waals surface area contributed by atoms with Gasteiger partial charge in [-0.2, -0.15) is 0 Å². The van der Waals surface area contributed by atoms with E-state index in [0.29, 0.717) is 0 Å². The predicted octanol–water partition coefficient (Wildman–Crippen LogP) is 4.30. The fourth-order valence-electron chi connectivity index (χ4n) is 2.57. The Balaban J connectivity index is 1.96. The summed E-state index contributed by atoms with van der Waals surface area (Å²) in [5.41, 5.74) is 3.63. The second kappa shape index (κ2) is 8.34. The normalized spacial score (nSPS) is 10.3. The average Bonchev–Trinajstić information content (AvgIpc) is 2.56. The van der Waals surface area contributed by atoms with Crippen molar-refractivity contribution in [3.63, 3.8) is 0 Å². The quantitative estimate of drug-likeness (QED) is 0.830. The van der Waals surface area contributed by atoms with Gasteiger partial charge < -0.3 is 15.5 Å². The Kier molecular flexibility index (Phi) is 6.18. The van der Waals surface area contributed by atoms with Gasteiger partial charge in [-0.15, -0.1) is 0 Å². The fraction of sp³-hybridized carbons (Fsp3) is 0.316. The topological polar surface area (TPSA) is 44.4 Å². The van der Waals surface area contributed by atoms with Gasteiger partial charge in [-0.1, -0.05) is 12.1 Å². The van der Waals surface area contributed by atoms with E-state index >= 15 is 0 Å². The molecule has 0 radical (unpaired) electrons. The van der Waals surface area contributed by atoms with Crippen molar-refractivity contribution in [3.8, 4) is 0 Å². The summed E-state index contributed by atoms with van der Waals surface area (Å²) in [6.07, 6.45) is 0. The number of urea groups is 1. The lowest BCUT2D eigenvalue weighted by molar-refractivity contribution is 0.251. The van der Waals surface area contributed by atoms with Crippen LogP contribution in [-0.2, 0) is 6.54 Å². The number of nitrogens with one attached hydrogen (secondary N) is 2. The minimum Gasteiger partial charge on any atom is -0.372 e. The molecule has 0 aromatic heterocycles. The molecule has 0 heterocycles. The molecule has 5 heteroatoms. The third-order valence-electron chi connectivity index (χ3n) is 3.93. The molecule has 0 fully saturated rings. The number of carbonyl (C=O) groups is 1. The lowest BCUT2D eigenvalue weighted by Crippen LogP contribution is -2.28. The molecule has 0 saturated carbocycles. The highest BCUT2D eigenvalue weighted by atomic mass is 19.1. The van der Waals surface area contributed by atoms with Crippen LogP contribution in [0.25, 0.3) is 0 Å². The molecule has 0 aliphatic carbocycles. The van der Waals surface area contributed by atoms with E-state index in [1.165, 1.54) is 12.1 Å². The van der Waals surface area contributed by atoms with Gasteiger partial charge in [0.05, 0.1) is 0 Å². The van der Waals surface area contributed by atoms with Crippen LogP contribution < -0.4 is 15.5 Å². The summed E-state index contributed by atoms with van der Waals surface area (Å²) >= 11 is 0. The van der Waals surface area contributed by atoms with E-state index in [9.17, 15) is 9.18 Å². The molecule has 0 aliphatic rings. The fourth-order valence-corrected chi connectivity index (χ4v) is 2.57. The molecule has 24 heavy (non-hydrogen) atoms. The van der Waals surface area contributed by atoms with E-state index in [1.807, 2.05) is 19.1 Å². The number of aryl methyl sites for hydroxylation is 1. The molecule has 0 bridgehead atoms. The maximum Gasteiger partial charge on any atom is 0.319 e. The molecule has 0 unspecified atom stereocenters. The molecule has 0 aliphatic heterocycles. The van der Waals surface area contributed by atoms with Gasteiger partial charge in [0.2, 0.25) is 0 Å². The van der Waals surface area contributed by atoms with Crippen molar-refractivity contribution in [2.75, 3.05) is 23.3 Å². The van der Waals surface area contributed by atoms with Crippen LogP contribution in [0.2, 0.25) is 0 Å². The number of halogens is 1. The van der Waals surface area contributed by atoms with Crippen LogP contribution in [0.4, 0.5) is 20.6 Å². The summed E-state index contributed by atoms with van der Waals surface area (Å²) < 4.78 is 13.1. The van der Waals surface area contributed by atoms with Crippen LogP contribution in [-0.4, -0.2) is 19.1 Å². The second-order valence-electron chi connectivity index (χ2n) is 5.61. The third-order valence-corrected chi connectivity index (χ3v) is 3.93. The first-order valence-electron chi connectivity index (χ1n) is 8.18. The van der Waals surface area contributed by atoms with Crippen molar-refractivity contribution in [3.05, 3.63) is 59.4 Å². The van der Waals surface area contributed by atoms with Crippen molar-refractivity contribution < 1.29 is 9.18 Å². The predicted molar refractivity (Wildman–Crippen MR) is 97.0 cm³/mol. The van der Waals surface area contributed by atoms with Gasteiger partial charge in [0.25, 0.3) is 0 Å². The van der Waals surface area contributed by atoms with Gasteiger partial charge in [-0.05, 0) is 62.2 Å². The molecule has 128 valence electrons. The molecule has 2 amide bonds. The number of carbonyl (C=O) groups excluding carboxylic acids is 1. The van der Waals surface area contributed by atoms with Crippen LogP contribution >= 0.6 is 0 Å². The number of benzene rings is 2. The zero-order chi connectivity index (χ0) is 17.5. The Labute approximate surface area is 142 Å². The maximum absolute atomic E-state index is 13.1. The van der Waals surface area contributed by atoms with Crippen molar-refractivity contribution in [1.82, 2.24) is 5.32 Å². The third kappa shape index (κ3) is 4.72. The lowest BCUT2D eigenvalue weighted by Gasteiger charge is -2.22. The summed E-state index contributed by atoms with van der Waals surface area (Å²) in [4.78, 5) is 14.3. The molecule has 0 saturated heterocycles. The summed E-state index contributed by atoms with van der Waals surface area (Å²) in [7, 11) is 0. The molecule has 2 aromatic carbocycles.